The summed E-state index contributed by atoms with van der Waals surface area (Å²) in [5.74, 6) is 0.126. The van der Waals surface area contributed by atoms with Crippen LogP contribution in [0.25, 0.3) is 0 Å². The van der Waals surface area contributed by atoms with Crippen LogP contribution >= 0.6 is 27.7 Å². The predicted molar refractivity (Wildman–Crippen MR) is 107 cm³/mol. The first-order chi connectivity index (χ1) is 12.8. The van der Waals surface area contributed by atoms with Crippen molar-refractivity contribution in [3.63, 3.8) is 0 Å². The van der Waals surface area contributed by atoms with Gasteiger partial charge in [-0.25, -0.2) is 4.79 Å². The molecule has 2 rings (SSSR count). The molecular formula is C17H18BrN3O5S. The minimum atomic E-state index is -0.614. The van der Waals surface area contributed by atoms with Gasteiger partial charge in [0.05, 0.1) is 31.4 Å². The highest BCUT2D eigenvalue weighted by Crippen LogP contribution is 2.33. The van der Waals surface area contributed by atoms with Gasteiger partial charge >= 0.3 is 5.97 Å². The van der Waals surface area contributed by atoms with E-state index in [1.165, 1.54) is 13.3 Å². The Hall–Kier alpha value is -2.33. The molecule has 0 unspecified atom stereocenters. The standard InChI is InChI=1S/C17H18BrN3O5S/c1-9(2)26-13-6-11(18)10(5-12(13)24-3)8-19-21-17-20-16(23)14(27-17)7-15(22)25-4/h5-9H,1-4H3,(H,20,21,23)/b14-7+,19-8?. The number of hydrogen-bond acceptors (Lipinski definition) is 8. The fourth-order valence-corrected chi connectivity index (χ4v) is 3.10. The molecule has 1 fully saturated rings. The highest BCUT2D eigenvalue weighted by molar-refractivity contribution is 9.10. The molecule has 0 spiro atoms. The molecule has 0 aliphatic carbocycles. The molecule has 144 valence electrons. The Morgan fingerprint density at radius 3 is 2.67 bits per heavy atom. The van der Waals surface area contributed by atoms with Crippen molar-refractivity contribution in [3.8, 4) is 11.5 Å². The molecule has 0 aromatic heterocycles. The second-order valence-corrected chi connectivity index (χ2v) is 7.31. The van der Waals surface area contributed by atoms with Crippen LogP contribution in [0.3, 0.4) is 0 Å². The number of ether oxygens (including phenoxy) is 3. The van der Waals surface area contributed by atoms with E-state index < -0.39 is 11.9 Å². The lowest BCUT2D eigenvalue weighted by Gasteiger charge is -2.14. The lowest BCUT2D eigenvalue weighted by atomic mass is 10.2. The molecular weight excluding hydrogens is 438 g/mol. The summed E-state index contributed by atoms with van der Waals surface area (Å²) in [6.07, 6.45) is 2.61. The number of nitrogens with one attached hydrogen (secondary N) is 1. The van der Waals surface area contributed by atoms with Gasteiger partial charge in [0, 0.05) is 16.1 Å². The summed E-state index contributed by atoms with van der Waals surface area (Å²) < 4.78 is 16.3. The first-order valence-corrected chi connectivity index (χ1v) is 9.39. The van der Waals surface area contributed by atoms with Crippen molar-refractivity contribution in [2.75, 3.05) is 14.2 Å². The number of hydrogen-bond donors (Lipinski definition) is 1. The van der Waals surface area contributed by atoms with Gasteiger partial charge in [-0.3, -0.25) is 10.1 Å². The van der Waals surface area contributed by atoms with E-state index in [1.54, 1.807) is 19.2 Å². The quantitative estimate of drug-likeness (QED) is 0.306. The fourth-order valence-electron chi connectivity index (χ4n) is 1.94. The summed E-state index contributed by atoms with van der Waals surface area (Å²) in [7, 11) is 2.79. The molecule has 1 amide bonds. The van der Waals surface area contributed by atoms with E-state index in [4.69, 9.17) is 9.47 Å². The van der Waals surface area contributed by atoms with Crippen LogP contribution in [0.2, 0.25) is 0 Å². The van der Waals surface area contributed by atoms with Crippen LogP contribution in [0.15, 0.2) is 37.8 Å². The summed E-state index contributed by atoms with van der Waals surface area (Å²) in [6.45, 7) is 3.85. The number of nitrogens with zero attached hydrogens (tertiary/aromatic N) is 2. The molecule has 1 N–H and O–H groups in total. The van der Waals surface area contributed by atoms with Crippen LogP contribution in [0.5, 0.6) is 11.5 Å². The lowest BCUT2D eigenvalue weighted by Crippen LogP contribution is -2.19. The Labute approximate surface area is 169 Å². The molecule has 10 heteroatoms. The average molecular weight is 456 g/mol. The second-order valence-electron chi connectivity index (χ2n) is 5.43. The highest BCUT2D eigenvalue weighted by atomic mass is 79.9. The molecule has 27 heavy (non-hydrogen) atoms. The normalized spacial score (nSPS) is 17.0. The SMILES string of the molecule is COC(=O)/C=C1/S/C(=N\N=Cc2cc(OC)c(OC(C)C)cc2Br)NC1=O. The fraction of sp³-hybridized carbons (Fsp3) is 0.294. The zero-order chi connectivity index (χ0) is 20.0. The first-order valence-electron chi connectivity index (χ1n) is 7.78. The van der Waals surface area contributed by atoms with Gasteiger partial charge in [-0.2, -0.15) is 5.10 Å². The van der Waals surface area contributed by atoms with Crippen molar-refractivity contribution in [1.82, 2.24) is 5.32 Å². The van der Waals surface area contributed by atoms with Crippen LogP contribution in [-0.2, 0) is 14.3 Å². The maximum atomic E-state index is 11.8. The Morgan fingerprint density at radius 2 is 2.04 bits per heavy atom. The molecule has 0 bridgehead atoms. The van der Waals surface area contributed by atoms with Gasteiger partial charge in [-0.05, 0) is 53.7 Å². The van der Waals surface area contributed by atoms with Gasteiger partial charge in [-0.1, -0.05) is 0 Å². The van der Waals surface area contributed by atoms with E-state index in [9.17, 15) is 9.59 Å². The summed E-state index contributed by atoms with van der Waals surface area (Å²) >= 11 is 4.46. The van der Waals surface area contributed by atoms with Crippen molar-refractivity contribution >= 4 is 51.0 Å². The molecule has 0 saturated carbocycles. The molecule has 1 aliphatic heterocycles. The topological polar surface area (TPSA) is 98.6 Å². The zero-order valence-electron chi connectivity index (χ0n) is 15.1. The molecule has 1 aliphatic rings. The van der Waals surface area contributed by atoms with E-state index in [0.717, 1.165) is 22.3 Å². The van der Waals surface area contributed by atoms with Crippen molar-refractivity contribution in [2.45, 2.75) is 20.0 Å². The Bertz CT molecular complexity index is 836. The number of thioether (sulfide) groups is 1. The summed E-state index contributed by atoms with van der Waals surface area (Å²) in [5.41, 5.74) is 0.715. The van der Waals surface area contributed by atoms with Gasteiger partial charge in [0.25, 0.3) is 5.91 Å². The van der Waals surface area contributed by atoms with Crippen molar-refractivity contribution in [3.05, 3.63) is 33.2 Å². The number of methoxy groups -OCH3 is 2. The third kappa shape index (κ3) is 5.83. The molecule has 1 aromatic carbocycles. The van der Waals surface area contributed by atoms with Crippen molar-refractivity contribution in [1.29, 1.82) is 0 Å². The van der Waals surface area contributed by atoms with Crippen LogP contribution in [0.4, 0.5) is 0 Å². The molecule has 1 aromatic rings. The van der Waals surface area contributed by atoms with Crippen molar-refractivity contribution in [2.24, 2.45) is 10.2 Å². The monoisotopic (exact) mass is 455 g/mol. The van der Waals surface area contributed by atoms with Crippen LogP contribution in [0.1, 0.15) is 19.4 Å². The largest absolute Gasteiger partial charge is 0.493 e. The molecule has 1 heterocycles. The number of amidine groups is 1. The number of benzene rings is 1. The smallest absolute Gasteiger partial charge is 0.331 e. The third-order valence-electron chi connectivity index (χ3n) is 3.09. The number of amides is 1. The summed E-state index contributed by atoms with van der Waals surface area (Å²) in [6, 6.07) is 3.55. The van der Waals surface area contributed by atoms with E-state index in [0.29, 0.717) is 17.1 Å². The maximum Gasteiger partial charge on any atom is 0.331 e. The van der Waals surface area contributed by atoms with Crippen LogP contribution in [0, 0.1) is 0 Å². The average Bonchev–Trinajstić information content (AvgIpc) is 2.95. The Balaban J connectivity index is 2.16. The van der Waals surface area contributed by atoms with Gasteiger partial charge in [-0.15, -0.1) is 5.10 Å². The first kappa shape index (κ1) is 21.0. The van der Waals surface area contributed by atoms with Gasteiger partial charge in [0.2, 0.25) is 0 Å². The Morgan fingerprint density at radius 1 is 1.30 bits per heavy atom. The highest BCUT2D eigenvalue weighted by Gasteiger charge is 2.25. The second kappa shape index (κ2) is 9.56. The number of halogens is 1. The van der Waals surface area contributed by atoms with E-state index in [-0.39, 0.29) is 16.2 Å². The lowest BCUT2D eigenvalue weighted by molar-refractivity contribution is -0.135. The van der Waals surface area contributed by atoms with E-state index >= 15 is 0 Å². The summed E-state index contributed by atoms with van der Waals surface area (Å²) in [5, 5.41) is 10.7. The number of carbonyl (C=O) groups is 2. The maximum absolute atomic E-state index is 11.8. The van der Waals surface area contributed by atoms with E-state index in [1.807, 2.05) is 13.8 Å². The van der Waals surface area contributed by atoms with E-state index in [2.05, 4.69) is 36.2 Å². The van der Waals surface area contributed by atoms with Crippen molar-refractivity contribution < 1.29 is 23.8 Å². The van der Waals surface area contributed by atoms with Gasteiger partial charge in [0.1, 0.15) is 0 Å². The number of esters is 1. The number of rotatable bonds is 6. The number of carbonyl (C=O) groups excluding carboxylic acids is 2. The zero-order valence-corrected chi connectivity index (χ0v) is 17.5. The Kier molecular flexibility index (Phi) is 7.43. The van der Waals surface area contributed by atoms with Crippen LogP contribution < -0.4 is 14.8 Å². The van der Waals surface area contributed by atoms with Crippen LogP contribution in [-0.4, -0.2) is 43.6 Å². The minimum Gasteiger partial charge on any atom is -0.493 e. The third-order valence-corrected chi connectivity index (χ3v) is 4.68. The predicted octanol–water partition coefficient (Wildman–Crippen LogP) is 2.85. The minimum absolute atomic E-state index is 0.00644. The van der Waals surface area contributed by atoms with Gasteiger partial charge in [0.15, 0.2) is 16.7 Å². The molecule has 0 radical (unpaired) electrons. The molecule has 0 atom stereocenters. The van der Waals surface area contributed by atoms with Gasteiger partial charge < -0.3 is 14.2 Å². The molecule has 8 nitrogen and oxygen atoms in total. The summed E-state index contributed by atoms with van der Waals surface area (Å²) in [4.78, 5) is 23.2. The molecule has 1 saturated heterocycles.